The molecule has 2 nitrogen and oxygen atoms in total. The van der Waals surface area contributed by atoms with Gasteiger partial charge < -0.3 is 0 Å². The van der Waals surface area contributed by atoms with Crippen LogP contribution in [0.2, 0.25) is 0 Å². The van der Waals surface area contributed by atoms with E-state index in [1.54, 1.807) is 13.0 Å². The van der Waals surface area contributed by atoms with Crippen LogP contribution >= 0.6 is 23.2 Å². The first kappa shape index (κ1) is 15.1. The monoisotopic (exact) mass is 220 g/mol. The summed E-state index contributed by atoms with van der Waals surface area (Å²) in [5.74, 6) is 0.728. The van der Waals surface area contributed by atoms with Crippen LogP contribution in [0, 0.1) is 22.7 Å². The number of hydrogen-bond acceptors (Lipinski definition) is 2. The van der Waals surface area contributed by atoms with Gasteiger partial charge >= 0.3 is 0 Å². The molecule has 0 aromatic rings. The average Bonchev–Trinajstić information content (AvgIpc) is 2.14. The van der Waals surface area contributed by atoms with Gasteiger partial charge in [-0.1, -0.05) is 6.42 Å². The molecule has 4 heteroatoms. The fraction of sp³-hybridized carbons (Fsp3) is 0.778. The second-order valence-electron chi connectivity index (χ2n) is 2.40. The van der Waals surface area contributed by atoms with Crippen molar-refractivity contribution in [3.63, 3.8) is 0 Å². The third-order valence-corrected chi connectivity index (χ3v) is 1.46. The topological polar surface area (TPSA) is 47.6 Å². The lowest BCUT2D eigenvalue weighted by atomic mass is 10.2. The first-order valence-electron chi connectivity index (χ1n) is 4.15. The van der Waals surface area contributed by atoms with Crippen LogP contribution in [-0.2, 0) is 0 Å². The highest BCUT2D eigenvalue weighted by Crippen LogP contribution is 1.98. The van der Waals surface area contributed by atoms with Crippen molar-refractivity contribution < 1.29 is 0 Å². The Labute approximate surface area is 90.1 Å². The lowest BCUT2D eigenvalue weighted by molar-refractivity contribution is 0.737. The highest BCUT2D eigenvalue weighted by Gasteiger charge is 1.84. The highest BCUT2D eigenvalue weighted by atomic mass is 35.5. The lowest BCUT2D eigenvalue weighted by Crippen LogP contribution is -1.77. The number of nitriles is 2. The van der Waals surface area contributed by atoms with Gasteiger partial charge in [0.15, 0.2) is 0 Å². The summed E-state index contributed by atoms with van der Waals surface area (Å²) < 4.78 is 0. The minimum atomic E-state index is -0.338. The summed E-state index contributed by atoms with van der Waals surface area (Å²) in [4.78, 5) is 0. The smallest absolute Gasteiger partial charge is 0.117 e. The van der Waals surface area contributed by atoms with Crippen molar-refractivity contribution in [1.29, 1.82) is 10.5 Å². The van der Waals surface area contributed by atoms with Gasteiger partial charge in [-0.2, -0.15) is 10.5 Å². The summed E-state index contributed by atoms with van der Waals surface area (Å²) in [6.45, 7) is 1.63. The second kappa shape index (κ2) is 14.1. The molecule has 0 aromatic heterocycles. The number of nitrogens with zero attached hydrogens (tertiary/aromatic N) is 2. The maximum absolute atomic E-state index is 8.08. The summed E-state index contributed by atoms with van der Waals surface area (Å²) in [5.41, 5.74) is 0. The molecule has 0 aliphatic rings. The van der Waals surface area contributed by atoms with E-state index in [0.29, 0.717) is 6.42 Å². The SMILES string of the molecule is CC(Cl)C#N.N#CCCCCCCl. The van der Waals surface area contributed by atoms with Crippen LogP contribution in [0.4, 0.5) is 0 Å². The van der Waals surface area contributed by atoms with Gasteiger partial charge in [-0.05, 0) is 19.8 Å². The molecule has 0 fully saturated rings. The van der Waals surface area contributed by atoms with E-state index in [0.717, 1.165) is 25.1 Å². The molecule has 13 heavy (non-hydrogen) atoms. The zero-order valence-electron chi connectivity index (χ0n) is 7.76. The molecule has 74 valence electrons. The van der Waals surface area contributed by atoms with Crippen molar-refractivity contribution in [3.05, 3.63) is 0 Å². The van der Waals surface area contributed by atoms with Gasteiger partial charge in [0.2, 0.25) is 0 Å². The Kier molecular flexibility index (Phi) is 16.3. The van der Waals surface area contributed by atoms with E-state index in [4.69, 9.17) is 33.7 Å². The molecule has 0 aromatic carbocycles. The maximum Gasteiger partial charge on any atom is 0.117 e. The summed E-state index contributed by atoms with van der Waals surface area (Å²) in [7, 11) is 0. The molecule has 0 aliphatic heterocycles. The molecule has 0 saturated heterocycles. The van der Waals surface area contributed by atoms with Crippen LogP contribution in [0.5, 0.6) is 0 Å². The Balaban J connectivity index is 0. The second-order valence-corrected chi connectivity index (χ2v) is 3.44. The number of alkyl halides is 2. The highest BCUT2D eigenvalue weighted by molar-refractivity contribution is 6.21. The van der Waals surface area contributed by atoms with Gasteiger partial charge in [-0.25, -0.2) is 0 Å². The van der Waals surface area contributed by atoms with Crippen LogP contribution in [0.3, 0.4) is 0 Å². The fourth-order valence-electron chi connectivity index (χ4n) is 0.475. The lowest BCUT2D eigenvalue weighted by Gasteiger charge is -1.88. The Morgan fingerprint density at radius 2 is 1.77 bits per heavy atom. The summed E-state index contributed by atoms with van der Waals surface area (Å²) in [5, 5.41) is 15.5. The van der Waals surface area contributed by atoms with E-state index in [1.807, 2.05) is 0 Å². The van der Waals surface area contributed by atoms with E-state index in [1.165, 1.54) is 0 Å². The van der Waals surface area contributed by atoms with E-state index >= 15 is 0 Å². The number of unbranched alkanes of at least 4 members (excludes halogenated alkanes) is 3. The third-order valence-electron chi connectivity index (χ3n) is 1.10. The third kappa shape index (κ3) is 24.6. The largest absolute Gasteiger partial charge is 0.198 e. The van der Waals surface area contributed by atoms with E-state index in [9.17, 15) is 0 Å². The molecular weight excluding hydrogens is 207 g/mol. The molecule has 0 saturated carbocycles. The Morgan fingerprint density at radius 3 is 2.08 bits per heavy atom. The molecule has 0 heterocycles. The van der Waals surface area contributed by atoms with E-state index in [-0.39, 0.29) is 5.38 Å². The van der Waals surface area contributed by atoms with Gasteiger partial charge in [0.1, 0.15) is 5.38 Å². The predicted octanol–water partition coefficient (Wildman–Crippen LogP) is 3.45. The van der Waals surface area contributed by atoms with E-state index in [2.05, 4.69) is 6.07 Å². The van der Waals surface area contributed by atoms with Crippen LogP contribution in [0.25, 0.3) is 0 Å². The van der Waals surface area contributed by atoms with Crippen molar-refractivity contribution in [1.82, 2.24) is 0 Å². The normalized spacial score (nSPS) is 10.2. The molecule has 0 N–H and O–H groups in total. The standard InChI is InChI=1S/C6H10ClN.C3H4ClN/c7-5-3-1-2-4-6-8;1-3(4)2-5/h1-5H2;3H,1H3. The zero-order valence-corrected chi connectivity index (χ0v) is 9.28. The fourth-order valence-corrected chi connectivity index (χ4v) is 0.664. The van der Waals surface area contributed by atoms with Gasteiger partial charge in [-0.15, -0.1) is 23.2 Å². The predicted molar refractivity (Wildman–Crippen MR) is 55.7 cm³/mol. The molecule has 1 atom stereocenters. The molecule has 0 bridgehead atoms. The van der Waals surface area contributed by atoms with Gasteiger partial charge in [0.05, 0.1) is 12.1 Å². The quantitative estimate of drug-likeness (QED) is 0.539. The molecular formula is C9H14Cl2N2. The van der Waals surface area contributed by atoms with Gasteiger partial charge in [0.25, 0.3) is 0 Å². The molecule has 0 radical (unpaired) electrons. The zero-order chi connectivity index (χ0) is 10.5. The van der Waals surface area contributed by atoms with Crippen LogP contribution in [0.1, 0.15) is 32.6 Å². The summed E-state index contributed by atoms with van der Waals surface area (Å²) >= 11 is 10.5. The Bertz CT molecular complexity index is 167. The van der Waals surface area contributed by atoms with Gasteiger partial charge in [-0.3, -0.25) is 0 Å². The van der Waals surface area contributed by atoms with Crippen molar-refractivity contribution >= 4 is 23.2 Å². The minimum Gasteiger partial charge on any atom is -0.198 e. The van der Waals surface area contributed by atoms with Crippen molar-refractivity contribution in [3.8, 4) is 12.1 Å². The number of hydrogen-bond donors (Lipinski definition) is 0. The summed E-state index contributed by atoms with van der Waals surface area (Å²) in [6, 6.07) is 3.88. The molecule has 0 rings (SSSR count). The van der Waals surface area contributed by atoms with E-state index < -0.39 is 0 Å². The van der Waals surface area contributed by atoms with Crippen LogP contribution < -0.4 is 0 Å². The first-order valence-corrected chi connectivity index (χ1v) is 5.12. The van der Waals surface area contributed by atoms with Crippen LogP contribution in [0.15, 0.2) is 0 Å². The van der Waals surface area contributed by atoms with Crippen molar-refractivity contribution in [2.45, 2.75) is 38.0 Å². The van der Waals surface area contributed by atoms with Crippen molar-refractivity contribution in [2.75, 3.05) is 5.88 Å². The van der Waals surface area contributed by atoms with Gasteiger partial charge in [0, 0.05) is 12.3 Å². The van der Waals surface area contributed by atoms with Crippen molar-refractivity contribution in [2.24, 2.45) is 0 Å². The van der Waals surface area contributed by atoms with Crippen LogP contribution in [-0.4, -0.2) is 11.3 Å². The Morgan fingerprint density at radius 1 is 1.23 bits per heavy atom. The first-order chi connectivity index (χ1) is 6.18. The molecule has 0 spiro atoms. The number of halogens is 2. The maximum atomic E-state index is 8.08. The Hall–Kier alpha value is -0.440. The minimum absolute atomic E-state index is 0.338. The summed E-state index contributed by atoms with van der Waals surface area (Å²) in [6.07, 6.45) is 3.82. The number of rotatable bonds is 4. The molecule has 0 amide bonds. The average molecular weight is 221 g/mol. The molecule has 0 aliphatic carbocycles. The molecule has 1 unspecified atom stereocenters.